The summed E-state index contributed by atoms with van der Waals surface area (Å²) in [5.41, 5.74) is 1.61. The van der Waals surface area contributed by atoms with Crippen molar-refractivity contribution in [3.63, 3.8) is 0 Å². The molecule has 0 amide bonds. The van der Waals surface area contributed by atoms with Gasteiger partial charge in [0.2, 0.25) is 0 Å². The molecule has 4 aliphatic carbocycles. The maximum absolute atomic E-state index is 13.6. The zero-order valence-corrected chi connectivity index (χ0v) is 12.5. The summed E-state index contributed by atoms with van der Waals surface area (Å²) < 4.78 is 13.6. The molecule has 0 heterocycles. The van der Waals surface area contributed by atoms with E-state index < -0.39 is 6.17 Å². The molecule has 0 aromatic heterocycles. The smallest absolute Gasteiger partial charge is 0.104 e. The van der Waals surface area contributed by atoms with E-state index in [1.54, 1.807) is 0 Å². The Bertz CT molecular complexity index is 431. The molecule has 4 rings (SSSR count). The average molecular weight is 278 g/mol. The fourth-order valence-electron chi connectivity index (χ4n) is 6.19. The Balaban J connectivity index is 1.62. The molecule has 20 heavy (non-hydrogen) atoms. The van der Waals surface area contributed by atoms with Crippen molar-refractivity contribution in [3.8, 4) is 0 Å². The lowest BCUT2D eigenvalue weighted by Gasteiger charge is -2.53. The van der Waals surface area contributed by atoms with Gasteiger partial charge in [-0.15, -0.1) is 0 Å². The molecule has 0 bridgehead atoms. The van der Waals surface area contributed by atoms with Crippen molar-refractivity contribution >= 4 is 0 Å². The summed E-state index contributed by atoms with van der Waals surface area (Å²) in [6.07, 6.45) is 10.1. The van der Waals surface area contributed by atoms with Crippen molar-refractivity contribution in [2.45, 2.75) is 70.6 Å². The number of fused-ring (bicyclic) bond motifs is 5. The molecule has 7 atom stereocenters. The van der Waals surface area contributed by atoms with E-state index >= 15 is 0 Å². The van der Waals surface area contributed by atoms with Crippen molar-refractivity contribution in [2.75, 3.05) is 0 Å². The molecule has 0 aliphatic heterocycles. The Morgan fingerprint density at radius 1 is 1.15 bits per heavy atom. The molecule has 0 aromatic rings. The van der Waals surface area contributed by atoms with Crippen molar-refractivity contribution in [1.29, 1.82) is 0 Å². The minimum absolute atomic E-state index is 0.0830. The molecule has 112 valence electrons. The minimum Gasteiger partial charge on any atom is -0.393 e. The second-order valence-corrected chi connectivity index (χ2v) is 8.07. The predicted molar refractivity (Wildman–Crippen MR) is 78.0 cm³/mol. The lowest BCUT2D eigenvalue weighted by atomic mass is 9.53. The van der Waals surface area contributed by atoms with Crippen LogP contribution in [-0.4, -0.2) is 17.4 Å². The first-order valence-corrected chi connectivity index (χ1v) is 8.60. The first-order valence-electron chi connectivity index (χ1n) is 8.60. The molecular formula is C18H27FO. The first kappa shape index (κ1) is 13.3. The molecule has 4 aliphatic rings. The molecule has 0 aromatic carbocycles. The number of allylic oxidation sites excluding steroid dienone is 2. The molecule has 0 spiro atoms. The summed E-state index contributed by atoms with van der Waals surface area (Å²) in [6, 6.07) is 0. The van der Waals surface area contributed by atoms with Crippen molar-refractivity contribution in [1.82, 2.24) is 0 Å². The van der Waals surface area contributed by atoms with Gasteiger partial charge in [0.1, 0.15) is 6.17 Å². The van der Waals surface area contributed by atoms with E-state index in [4.69, 9.17) is 0 Å². The van der Waals surface area contributed by atoms with Gasteiger partial charge in [0.05, 0.1) is 6.10 Å². The van der Waals surface area contributed by atoms with Crippen LogP contribution in [0.3, 0.4) is 0 Å². The number of aliphatic hydroxyl groups excluding tert-OH is 1. The van der Waals surface area contributed by atoms with Crippen LogP contribution in [0.2, 0.25) is 0 Å². The van der Waals surface area contributed by atoms with Crippen LogP contribution < -0.4 is 0 Å². The van der Waals surface area contributed by atoms with Gasteiger partial charge >= 0.3 is 0 Å². The van der Waals surface area contributed by atoms with Crippen LogP contribution in [-0.2, 0) is 0 Å². The topological polar surface area (TPSA) is 20.2 Å². The van der Waals surface area contributed by atoms with Crippen molar-refractivity contribution < 1.29 is 9.50 Å². The number of hydrogen-bond acceptors (Lipinski definition) is 1. The molecule has 0 saturated heterocycles. The molecule has 3 fully saturated rings. The van der Waals surface area contributed by atoms with Gasteiger partial charge in [0, 0.05) is 0 Å². The zero-order chi connectivity index (χ0) is 13.9. The number of halogens is 1. The molecule has 2 heteroatoms. The Morgan fingerprint density at radius 2 is 2.00 bits per heavy atom. The minimum atomic E-state index is -0.587. The van der Waals surface area contributed by atoms with E-state index in [1.807, 2.05) is 0 Å². The number of aliphatic hydroxyl groups is 1. The van der Waals surface area contributed by atoms with Crippen LogP contribution in [0, 0.1) is 29.1 Å². The molecular weight excluding hydrogens is 251 g/mol. The fraction of sp³-hybridized carbons (Fsp3) is 0.889. The highest BCUT2D eigenvalue weighted by Crippen LogP contribution is 2.61. The largest absolute Gasteiger partial charge is 0.393 e. The van der Waals surface area contributed by atoms with Gasteiger partial charge < -0.3 is 5.11 Å². The number of rotatable bonds is 0. The van der Waals surface area contributed by atoms with Crippen LogP contribution in [0.15, 0.2) is 11.6 Å². The van der Waals surface area contributed by atoms with E-state index in [2.05, 4.69) is 13.0 Å². The molecule has 1 N–H and O–H groups in total. The molecule has 3 saturated carbocycles. The normalized spacial score (nSPS) is 54.6. The second-order valence-electron chi connectivity index (χ2n) is 8.07. The Kier molecular flexibility index (Phi) is 3.03. The molecule has 1 nitrogen and oxygen atoms in total. The van der Waals surface area contributed by atoms with E-state index in [-0.39, 0.29) is 11.5 Å². The Morgan fingerprint density at radius 3 is 2.85 bits per heavy atom. The van der Waals surface area contributed by atoms with Crippen LogP contribution >= 0.6 is 0 Å². The average Bonchev–Trinajstić information content (AvgIpc) is 2.74. The highest BCUT2D eigenvalue weighted by atomic mass is 19.1. The highest BCUT2D eigenvalue weighted by molar-refractivity contribution is 5.20. The van der Waals surface area contributed by atoms with Gasteiger partial charge in [-0.3, -0.25) is 0 Å². The SMILES string of the molecule is C[C@]12CCC3C4CCC(F)CC4=CCC3C1CC[C@@H]2O. The molecule has 0 radical (unpaired) electrons. The van der Waals surface area contributed by atoms with Gasteiger partial charge in [-0.05, 0) is 80.5 Å². The summed E-state index contributed by atoms with van der Waals surface area (Å²) >= 11 is 0. The third-order valence-corrected chi connectivity index (χ3v) is 7.34. The standard InChI is InChI=1S/C18H27FO/c1-18-9-8-14-13-5-3-12(19)10-11(13)2-4-15(14)16(18)6-7-17(18)20/h2,12-17,20H,3-10H2,1H3/t12?,13?,14?,15?,16?,17-,18-/m0/s1. The lowest BCUT2D eigenvalue weighted by Crippen LogP contribution is -2.47. The first-order chi connectivity index (χ1) is 9.59. The van der Waals surface area contributed by atoms with E-state index in [9.17, 15) is 9.50 Å². The third-order valence-electron chi connectivity index (χ3n) is 7.34. The summed E-state index contributed by atoms with van der Waals surface area (Å²) in [5.74, 6) is 2.92. The van der Waals surface area contributed by atoms with Crippen LogP contribution in [0.4, 0.5) is 4.39 Å². The zero-order valence-electron chi connectivity index (χ0n) is 12.5. The highest BCUT2D eigenvalue weighted by Gasteiger charge is 2.55. The van der Waals surface area contributed by atoms with E-state index in [0.29, 0.717) is 18.3 Å². The summed E-state index contributed by atoms with van der Waals surface area (Å²) in [4.78, 5) is 0. The van der Waals surface area contributed by atoms with Crippen LogP contribution in [0.25, 0.3) is 0 Å². The maximum Gasteiger partial charge on any atom is 0.104 e. The quantitative estimate of drug-likeness (QED) is 0.656. The lowest BCUT2D eigenvalue weighted by molar-refractivity contribution is -0.0484. The van der Waals surface area contributed by atoms with Gasteiger partial charge in [0.15, 0.2) is 0 Å². The van der Waals surface area contributed by atoms with Crippen LogP contribution in [0.1, 0.15) is 58.3 Å². The van der Waals surface area contributed by atoms with E-state index in [1.165, 1.54) is 24.8 Å². The maximum atomic E-state index is 13.6. The summed E-state index contributed by atoms with van der Waals surface area (Å²) in [6.45, 7) is 2.32. The van der Waals surface area contributed by atoms with Crippen LogP contribution in [0.5, 0.6) is 0 Å². The predicted octanol–water partition coefficient (Wildman–Crippen LogP) is 4.26. The van der Waals surface area contributed by atoms with Gasteiger partial charge in [-0.2, -0.15) is 0 Å². The van der Waals surface area contributed by atoms with Gasteiger partial charge in [0.25, 0.3) is 0 Å². The fourth-order valence-corrected chi connectivity index (χ4v) is 6.19. The second kappa shape index (κ2) is 4.56. The van der Waals surface area contributed by atoms with Gasteiger partial charge in [-0.1, -0.05) is 18.6 Å². The summed E-state index contributed by atoms with van der Waals surface area (Å²) in [5, 5.41) is 10.4. The Hall–Kier alpha value is -0.370. The third kappa shape index (κ3) is 1.76. The Labute approximate surface area is 121 Å². The number of hydrogen-bond donors (Lipinski definition) is 1. The monoisotopic (exact) mass is 278 g/mol. The van der Waals surface area contributed by atoms with Crippen molar-refractivity contribution in [2.24, 2.45) is 29.1 Å². The number of alkyl halides is 1. The van der Waals surface area contributed by atoms with Crippen molar-refractivity contribution in [3.05, 3.63) is 11.6 Å². The van der Waals surface area contributed by atoms with Gasteiger partial charge in [-0.25, -0.2) is 4.39 Å². The van der Waals surface area contributed by atoms with E-state index in [0.717, 1.165) is 37.5 Å². The molecule has 5 unspecified atom stereocenters. The summed E-state index contributed by atoms with van der Waals surface area (Å²) in [7, 11) is 0.